The molecule has 0 amide bonds. The molecule has 0 saturated heterocycles. The first-order valence-electron chi connectivity index (χ1n) is 3.13. The fraction of sp³-hybridized carbons (Fsp3) is 0.500. The summed E-state index contributed by atoms with van der Waals surface area (Å²) in [6.07, 6.45) is 0.0893. The second-order valence-electron chi connectivity index (χ2n) is 2.29. The van der Waals surface area contributed by atoms with Crippen LogP contribution < -0.4 is 10.3 Å². The lowest BCUT2D eigenvalue weighted by Crippen LogP contribution is -2.05. The van der Waals surface area contributed by atoms with Crippen LogP contribution in [-0.2, 0) is 0 Å². The fourth-order valence-electron chi connectivity index (χ4n) is 0.632. The van der Waals surface area contributed by atoms with E-state index in [-0.39, 0.29) is 11.7 Å². The third-order valence-corrected chi connectivity index (χ3v) is 0.934. The van der Waals surface area contributed by atoms with E-state index in [1.165, 1.54) is 6.07 Å². The average molecular weight is 142 g/mol. The Bertz CT molecular complexity index is 248. The highest BCUT2D eigenvalue weighted by Gasteiger charge is 1.97. The summed E-state index contributed by atoms with van der Waals surface area (Å²) in [4.78, 5) is 10.5. The van der Waals surface area contributed by atoms with Crippen molar-refractivity contribution in [2.24, 2.45) is 0 Å². The second kappa shape index (κ2) is 2.60. The SMILES string of the molecule is CC(C)Oc1cc(=O)[nH][nH]1. The zero-order valence-electron chi connectivity index (χ0n) is 5.97. The van der Waals surface area contributed by atoms with Gasteiger partial charge in [0.05, 0.1) is 12.2 Å². The van der Waals surface area contributed by atoms with Crippen molar-refractivity contribution in [1.29, 1.82) is 0 Å². The minimum Gasteiger partial charge on any atom is -0.475 e. The van der Waals surface area contributed by atoms with Crippen LogP contribution in [0, 0.1) is 0 Å². The summed E-state index contributed by atoms with van der Waals surface area (Å²) in [5, 5.41) is 4.95. The monoisotopic (exact) mass is 142 g/mol. The number of H-pyrrole nitrogens is 2. The maximum absolute atomic E-state index is 10.5. The zero-order valence-corrected chi connectivity index (χ0v) is 5.97. The standard InChI is InChI=1S/C6H10N2O2/c1-4(2)10-6-3-5(9)7-8-6/h3-4H,1-2H3,(H2,7,8,9). The summed E-state index contributed by atoms with van der Waals surface area (Å²) in [6.45, 7) is 3.79. The molecule has 0 fully saturated rings. The van der Waals surface area contributed by atoms with Gasteiger partial charge >= 0.3 is 0 Å². The largest absolute Gasteiger partial charge is 0.475 e. The minimum absolute atomic E-state index is 0.0893. The normalized spacial score (nSPS) is 10.3. The summed E-state index contributed by atoms with van der Waals surface area (Å²) in [5.41, 5.74) is -0.171. The van der Waals surface area contributed by atoms with E-state index >= 15 is 0 Å². The van der Waals surface area contributed by atoms with Gasteiger partial charge in [-0.2, -0.15) is 0 Å². The molecule has 0 atom stereocenters. The van der Waals surface area contributed by atoms with E-state index in [9.17, 15) is 4.79 Å². The molecule has 0 saturated carbocycles. The van der Waals surface area contributed by atoms with E-state index in [0.29, 0.717) is 5.88 Å². The molecular formula is C6H10N2O2. The second-order valence-corrected chi connectivity index (χ2v) is 2.29. The first kappa shape index (κ1) is 6.92. The van der Waals surface area contributed by atoms with Gasteiger partial charge in [-0.25, -0.2) is 0 Å². The molecular weight excluding hydrogens is 132 g/mol. The molecule has 2 N–H and O–H groups in total. The van der Waals surface area contributed by atoms with Gasteiger partial charge in [0.1, 0.15) is 0 Å². The molecule has 1 aromatic heterocycles. The molecule has 0 aliphatic rings. The molecule has 0 aliphatic carbocycles. The van der Waals surface area contributed by atoms with E-state index in [2.05, 4.69) is 10.2 Å². The van der Waals surface area contributed by atoms with Crippen molar-refractivity contribution in [2.45, 2.75) is 20.0 Å². The van der Waals surface area contributed by atoms with Gasteiger partial charge in [0.25, 0.3) is 5.56 Å². The van der Waals surface area contributed by atoms with Crippen LogP contribution in [0.5, 0.6) is 5.88 Å². The van der Waals surface area contributed by atoms with Crippen molar-refractivity contribution in [1.82, 2.24) is 10.2 Å². The van der Waals surface area contributed by atoms with Crippen LogP contribution in [0.3, 0.4) is 0 Å². The molecule has 4 heteroatoms. The molecule has 1 aromatic rings. The van der Waals surface area contributed by atoms with Crippen molar-refractivity contribution in [3.63, 3.8) is 0 Å². The Labute approximate surface area is 58.2 Å². The van der Waals surface area contributed by atoms with Crippen molar-refractivity contribution in [2.75, 3.05) is 0 Å². The smallest absolute Gasteiger partial charge is 0.267 e. The highest BCUT2D eigenvalue weighted by atomic mass is 16.5. The molecule has 0 spiro atoms. The molecule has 10 heavy (non-hydrogen) atoms. The molecule has 1 rings (SSSR count). The molecule has 0 bridgehead atoms. The van der Waals surface area contributed by atoms with E-state index in [0.717, 1.165) is 0 Å². The maximum atomic E-state index is 10.5. The number of aromatic amines is 2. The molecule has 1 heterocycles. The van der Waals surface area contributed by atoms with E-state index < -0.39 is 0 Å². The molecule has 0 aliphatic heterocycles. The summed E-state index contributed by atoms with van der Waals surface area (Å²) >= 11 is 0. The lowest BCUT2D eigenvalue weighted by Gasteiger charge is -2.04. The first-order valence-corrected chi connectivity index (χ1v) is 3.13. The van der Waals surface area contributed by atoms with Crippen molar-refractivity contribution in [3.05, 3.63) is 16.4 Å². The number of nitrogens with one attached hydrogen (secondary N) is 2. The highest BCUT2D eigenvalue weighted by molar-refractivity contribution is 5.04. The molecule has 4 nitrogen and oxygen atoms in total. The summed E-state index contributed by atoms with van der Waals surface area (Å²) in [5.74, 6) is 0.486. The van der Waals surface area contributed by atoms with Crippen LogP contribution >= 0.6 is 0 Å². The average Bonchev–Trinajstić information content (AvgIpc) is 2.13. The third kappa shape index (κ3) is 1.65. The summed E-state index contributed by atoms with van der Waals surface area (Å²) in [7, 11) is 0. The Morgan fingerprint density at radius 3 is 2.60 bits per heavy atom. The van der Waals surface area contributed by atoms with Crippen LogP contribution in [0.25, 0.3) is 0 Å². The Hall–Kier alpha value is -1.19. The van der Waals surface area contributed by atoms with E-state index in [1.807, 2.05) is 13.8 Å². The Kier molecular flexibility index (Phi) is 1.80. The number of ether oxygens (including phenoxy) is 1. The van der Waals surface area contributed by atoms with Crippen molar-refractivity contribution < 1.29 is 4.74 Å². The molecule has 0 unspecified atom stereocenters. The molecule has 56 valence electrons. The lowest BCUT2D eigenvalue weighted by molar-refractivity contribution is 0.232. The van der Waals surface area contributed by atoms with Crippen molar-refractivity contribution in [3.8, 4) is 5.88 Å². The number of rotatable bonds is 2. The third-order valence-electron chi connectivity index (χ3n) is 0.934. The lowest BCUT2D eigenvalue weighted by atomic mass is 10.5. The van der Waals surface area contributed by atoms with E-state index in [4.69, 9.17) is 4.74 Å². The zero-order chi connectivity index (χ0) is 7.56. The van der Waals surface area contributed by atoms with Gasteiger partial charge < -0.3 is 4.74 Å². The first-order chi connectivity index (χ1) is 4.68. The van der Waals surface area contributed by atoms with Crippen LogP contribution in [0.1, 0.15) is 13.8 Å². The van der Waals surface area contributed by atoms with Gasteiger partial charge in [-0.05, 0) is 13.8 Å². The number of hydrogen-bond acceptors (Lipinski definition) is 2. The summed E-state index contributed by atoms with van der Waals surface area (Å²) < 4.78 is 5.15. The van der Waals surface area contributed by atoms with Crippen molar-refractivity contribution >= 4 is 0 Å². The number of hydrogen-bond donors (Lipinski definition) is 2. The van der Waals surface area contributed by atoms with Crippen LogP contribution in [0.4, 0.5) is 0 Å². The predicted molar refractivity (Wildman–Crippen MR) is 37.2 cm³/mol. The number of aromatic nitrogens is 2. The Morgan fingerprint density at radius 2 is 2.20 bits per heavy atom. The highest BCUT2D eigenvalue weighted by Crippen LogP contribution is 2.01. The van der Waals surface area contributed by atoms with Gasteiger partial charge in [0.2, 0.25) is 5.88 Å². The van der Waals surface area contributed by atoms with Crippen LogP contribution in [0.15, 0.2) is 10.9 Å². The van der Waals surface area contributed by atoms with Gasteiger partial charge in [-0.1, -0.05) is 0 Å². The quantitative estimate of drug-likeness (QED) is 0.631. The van der Waals surface area contributed by atoms with Gasteiger partial charge in [0, 0.05) is 0 Å². The summed E-state index contributed by atoms with van der Waals surface area (Å²) in [6, 6.07) is 1.38. The predicted octanol–water partition coefficient (Wildman–Crippen LogP) is 0.490. The minimum atomic E-state index is -0.171. The fourth-order valence-corrected chi connectivity index (χ4v) is 0.632. The van der Waals surface area contributed by atoms with Crippen LogP contribution in [-0.4, -0.2) is 16.3 Å². The molecule has 0 radical (unpaired) electrons. The maximum Gasteiger partial charge on any atom is 0.267 e. The van der Waals surface area contributed by atoms with Gasteiger partial charge in [0.15, 0.2) is 0 Å². The van der Waals surface area contributed by atoms with Gasteiger partial charge in [-0.3, -0.25) is 15.0 Å². The van der Waals surface area contributed by atoms with Crippen LogP contribution in [0.2, 0.25) is 0 Å². The Balaban J connectivity index is 2.67. The topological polar surface area (TPSA) is 57.9 Å². The van der Waals surface area contributed by atoms with Gasteiger partial charge in [-0.15, -0.1) is 0 Å². The Morgan fingerprint density at radius 1 is 1.50 bits per heavy atom. The molecule has 0 aromatic carbocycles. The van der Waals surface area contributed by atoms with E-state index in [1.54, 1.807) is 0 Å².